The third kappa shape index (κ3) is 1.62. The van der Waals surface area contributed by atoms with Gasteiger partial charge in [0.2, 0.25) is 0 Å². The summed E-state index contributed by atoms with van der Waals surface area (Å²) in [6.45, 7) is 4.19. The summed E-state index contributed by atoms with van der Waals surface area (Å²) in [5.41, 5.74) is -0.00438. The molecule has 0 saturated carbocycles. The van der Waals surface area contributed by atoms with Crippen LogP contribution in [0, 0.1) is 0 Å². The van der Waals surface area contributed by atoms with E-state index in [1.54, 1.807) is 0 Å². The monoisotopic (exact) mass is 155 g/mol. The molecule has 0 saturated heterocycles. The Bertz CT molecular complexity index is 190. The van der Waals surface area contributed by atoms with Crippen molar-refractivity contribution >= 4 is 0 Å². The van der Waals surface area contributed by atoms with E-state index in [0.717, 1.165) is 12.8 Å². The maximum absolute atomic E-state index is 12.5. The molecule has 0 atom stereocenters. The fourth-order valence-corrected chi connectivity index (χ4v) is 1.24. The summed E-state index contributed by atoms with van der Waals surface area (Å²) >= 11 is 0. The number of rotatable bonds is 2. The van der Waals surface area contributed by atoms with E-state index in [2.05, 4.69) is 19.2 Å². The summed E-state index contributed by atoms with van der Waals surface area (Å²) in [6.07, 6.45) is 6.85. The minimum Gasteiger partial charge on any atom is -0.380 e. The first-order valence-corrected chi connectivity index (χ1v) is 4.05. The highest BCUT2D eigenvalue weighted by molar-refractivity contribution is 5.23. The van der Waals surface area contributed by atoms with Gasteiger partial charge in [-0.15, -0.1) is 0 Å². The summed E-state index contributed by atoms with van der Waals surface area (Å²) in [6, 6.07) is 0. The first kappa shape index (κ1) is 8.31. The van der Waals surface area contributed by atoms with E-state index in [1.165, 1.54) is 12.3 Å². The van der Waals surface area contributed by atoms with Gasteiger partial charge in [-0.1, -0.05) is 19.9 Å². The molecular formula is C9H14FN. The molecule has 2 heteroatoms. The van der Waals surface area contributed by atoms with Gasteiger partial charge in [0, 0.05) is 6.20 Å². The largest absolute Gasteiger partial charge is 0.380 e. The van der Waals surface area contributed by atoms with Gasteiger partial charge in [-0.3, -0.25) is 0 Å². The zero-order valence-electron chi connectivity index (χ0n) is 7.02. The van der Waals surface area contributed by atoms with E-state index in [1.807, 2.05) is 6.08 Å². The summed E-state index contributed by atoms with van der Waals surface area (Å²) in [5, 5.41) is 3.06. The molecule has 0 aliphatic carbocycles. The Hall–Kier alpha value is -0.790. The average Bonchev–Trinajstić information content (AvgIpc) is 2.07. The van der Waals surface area contributed by atoms with Crippen LogP contribution in [0.2, 0.25) is 0 Å². The Morgan fingerprint density at radius 2 is 2.09 bits per heavy atom. The SMILES string of the molecule is CCC1(CC)C=CC(F)=CN1. The number of nitrogens with one attached hydrogen (secondary N) is 1. The van der Waals surface area contributed by atoms with Crippen LogP contribution in [-0.4, -0.2) is 5.54 Å². The molecule has 0 unspecified atom stereocenters. The quantitative estimate of drug-likeness (QED) is 0.646. The molecule has 1 N–H and O–H groups in total. The van der Waals surface area contributed by atoms with Crippen molar-refractivity contribution < 1.29 is 4.39 Å². The molecule has 0 radical (unpaired) electrons. The first-order chi connectivity index (χ1) is 5.22. The average molecular weight is 155 g/mol. The molecule has 0 aromatic carbocycles. The van der Waals surface area contributed by atoms with Gasteiger partial charge in [-0.05, 0) is 18.9 Å². The van der Waals surface area contributed by atoms with E-state index >= 15 is 0 Å². The second kappa shape index (κ2) is 3.07. The van der Waals surface area contributed by atoms with E-state index in [9.17, 15) is 4.39 Å². The van der Waals surface area contributed by atoms with Crippen molar-refractivity contribution in [3.63, 3.8) is 0 Å². The van der Waals surface area contributed by atoms with Gasteiger partial charge in [0.1, 0.15) is 5.83 Å². The minimum atomic E-state index is -0.192. The summed E-state index contributed by atoms with van der Waals surface area (Å²) < 4.78 is 12.5. The highest BCUT2D eigenvalue weighted by Crippen LogP contribution is 2.21. The fraction of sp³-hybridized carbons (Fsp3) is 0.556. The predicted octanol–water partition coefficient (Wildman–Crippen LogP) is 2.52. The van der Waals surface area contributed by atoms with Gasteiger partial charge in [-0.2, -0.15) is 0 Å². The van der Waals surface area contributed by atoms with Crippen LogP contribution in [0.5, 0.6) is 0 Å². The summed E-state index contributed by atoms with van der Waals surface area (Å²) in [7, 11) is 0. The molecule has 1 heterocycles. The molecule has 62 valence electrons. The van der Waals surface area contributed by atoms with Gasteiger partial charge < -0.3 is 5.32 Å². The van der Waals surface area contributed by atoms with E-state index in [-0.39, 0.29) is 11.4 Å². The van der Waals surface area contributed by atoms with E-state index in [4.69, 9.17) is 0 Å². The third-order valence-corrected chi connectivity index (χ3v) is 2.32. The van der Waals surface area contributed by atoms with E-state index in [0.29, 0.717) is 0 Å². The lowest BCUT2D eigenvalue weighted by atomic mass is 9.91. The lowest BCUT2D eigenvalue weighted by molar-refractivity contribution is 0.411. The Morgan fingerprint density at radius 1 is 1.45 bits per heavy atom. The molecule has 0 fully saturated rings. The number of allylic oxidation sites excluding steroid dienone is 2. The highest BCUT2D eigenvalue weighted by Gasteiger charge is 2.22. The smallest absolute Gasteiger partial charge is 0.138 e. The second-order valence-corrected chi connectivity index (χ2v) is 2.87. The lowest BCUT2D eigenvalue weighted by Gasteiger charge is -2.30. The summed E-state index contributed by atoms with van der Waals surface area (Å²) in [5.74, 6) is -0.192. The number of hydrogen-bond acceptors (Lipinski definition) is 1. The lowest BCUT2D eigenvalue weighted by Crippen LogP contribution is -2.40. The topological polar surface area (TPSA) is 12.0 Å². The molecule has 0 aromatic heterocycles. The third-order valence-electron chi connectivity index (χ3n) is 2.32. The number of hydrogen-bond donors (Lipinski definition) is 1. The normalized spacial score (nSPS) is 20.8. The molecule has 0 aromatic rings. The fourth-order valence-electron chi connectivity index (χ4n) is 1.24. The minimum absolute atomic E-state index is 0.00438. The van der Waals surface area contributed by atoms with Crippen molar-refractivity contribution in [2.45, 2.75) is 32.2 Å². The molecule has 0 amide bonds. The Morgan fingerprint density at radius 3 is 2.45 bits per heavy atom. The zero-order chi connectivity index (χ0) is 8.32. The molecule has 0 spiro atoms. The van der Waals surface area contributed by atoms with Crippen molar-refractivity contribution in [3.05, 3.63) is 24.2 Å². The van der Waals surface area contributed by atoms with Gasteiger partial charge >= 0.3 is 0 Å². The van der Waals surface area contributed by atoms with Crippen molar-refractivity contribution in [1.82, 2.24) is 5.32 Å². The second-order valence-electron chi connectivity index (χ2n) is 2.87. The van der Waals surface area contributed by atoms with Crippen molar-refractivity contribution in [2.24, 2.45) is 0 Å². The van der Waals surface area contributed by atoms with Crippen LogP contribution in [0.15, 0.2) is 24.2 Å². The predicted molar refractivity (Wildman–Crippen MR) is 44.8 cm³/mol. The van der Waals surface area contributed by atoms with Crippen LogP contribution < -0.4 is 5.32 Å². The molecular weight excluding hydrogens is 141 g/mol. The van der Waals surface area contributed by atoms with Crippen molar-refractivity contribution in [3.8, 4) is 0 Å². The molecule has 1 aliphatic heterocycles. The highest BCUT2D eigenvalue weighted by atomic mass is 19.1. The van der Waals surface area contributed by atoms with Crippen LogP contribution in [-0.2, 0) is 0 Å². The molecule has 1 nitrogen and oxygen atoms in total. The Balaban J connectivity index is 2.71. The molecule has 1 aliphatic rings. The summed E-state index contributed by atoms with van der Waals surface area (Å²) in [4.78, 5) is 0. The molecule has 0 bridgehead atoms. The van der Waals surface area contributed by atoms with Crippen molar-refractivity contribution in [2.75, 3.05) is 0 Å². The Labute approximate surface area is 67.0 Å². The van der Waals surface area contributed by atoms with Crippen LogP contribution >= 0.6 is 0 Å². The van der Waals surface area contributed by atoms with Crippen molar-refractivity contribution in [1.29, 1.82) is 0 Å². The standard InChI is InChI=1S/C9H14FN/c1-3-9(4-2)6-5-8(10)7-11-9/h5-7,11H,3-4H2,1-2H3. The van der Waals surface area contributed by atoms with Crippen LogP contribution in [0.25, 0.3) is 0 Å². The van der Waals surface area contributed by atoms with Gasteiger partial charge in [-0.25, -0.2) is 4.39 Å². The van der Waals surface area contributed by atoms with Crippen LogP contribution in [0.1, 0.15) is 26.7 Å². The van der Waals surface area contributed by atoms with Gasteiger partial charge in [0.05, 0.1) is 5.54 Å². The number of halogens is 1. The van der Waals surface area contributed by atoms with Gasteiger partial charge in [0.25, 0.3) is 0 Å². The maximum atomic E-state index is 12.5. The molecule has 1 rings (SSSR count). The number of dihydropyridines is 1. The zero-order valence-corrected chi connectivity index (χ0v) is 7.02. The molecule has 11 heavy (non-hydrogen) atoms. The first-order valence-electron chi connectivity index (χ1n) is 4.05. The maximum Gasteiger partial charge on any atom is 0.138 e. The van der Waals surface area contributed by atoms with E-state index < -0.39 is 0 Å². The Kier molecular flexibility index (Phi) is 2.32. The van der Waals surface area contributed by atoms with Gasteiger partial charge in [0.15, 0.2) is 0 Å². The van der Waals surface area contributed by atoms with Crippen LogP contribution in [0.4, 0.5) is 4.39 Å². The van der Waals surface area contributed by atoms with Crippen LogP contribution in [0.3, 0.4) is 0 Å².